The number of ether oxygens (including phenoxy) is 3. The molecule has 0 unspecified atom stereocenters. The van der Waals surface area contributed by atoms with Gasteiger partial charge in [-0.25, -0.2) is 4.79 Å². The van der Waals surface area contributed by atoms with Crippen molar-refractivity contribution in [1.29, 1.82) is 0 Å². The van der Waals surface area contributed by atoms with Gasteiger partial charge in [-0.1, -0.05) is 12.1 Å². The third-order valence-electron chi connectivity index (χ3n) is 4.36. The molecular weight excluding hydrogens is 418 g/mol. The fraction of sp³-hybridized carbons (Fsp3) is 0.318. The lowest BCUT2D eigenvalue weighted by molar-refractivity contribution is -0.122. The van der Waals surface area contributed by atoms with E-state index in [-0.39, 0.29) is 12.1 Å². The van der Waals surface area contributed by atoms with Gasteiger partial charge in [0.1, 0.15) is 6.54 Å². The predicted molar refractivity (Wildman–Crippen MR) is 116 cm³/mol. The lowest BCUT2D eigenvalue weighted by Gasteiger charge is -2.17. The molecule has 3 aromatic rings. The number of amides is 2. The Labute approximate surface area is 184 Å². The zero-order valence-electron chi connectivity index (χ0n) is 18.1. The summed E-state index contributed by atoms with van der Waals surface area (Å²) < 4.78 is 23.1. The van der Waals surface area contributed by atoms with E-state index >= 15 is 0 Å². The molecule has 32 heavy (non-hydrogen) atoms. The first-order valence-electron chi connectivity index (χ1n) is 10.2. The molecule has 0 atom stereocenters. The van der Waals surface area contributed by atoms with E-state index in [4.69, 9.17) is 18.6 Å². The molecule has 2 amide bonds. The van der Waals surface area contributed by atoms with Crippen LogP contribution in [0.1, 0.15) is 31.1 Å². The van der Waals surface area contributed by atoms with Crippen LogP contribution >= 0.6 is 0 Å². The van der Waals surface area contributed by atoms with Gasteiger partial charge in [0.2, 0.25) is 5.75 Å². The first-order valence-corrected chi connectivity index (χ1v) is 10.2. The Bertz CT molecular complexity index is 1140. The van der Waals surface area contributed by atoms with Gasteiger partial charge in [-0.15, -0.1) is 0 Å². The zero-order chi connectivity index (χ0) is 23.1. The molecule has 2 N–H and O–H groups in total. The van der Waals surface area contributed by atoms with Gasteiger partial charge in [0.05, 0.1) is 25.3 Å². The molecule has 3 rings (SSSR count). The zero-order valence-corrected chi connectivity index (χ0v) is 18.1. The first kappa shape index (κ1) is 22.7. The number of rotatable bonds is 9. The van der Waals surface area contributed by atoms with Crippen molar-refractivity contribution in [2.75, 3.05) is 19.8 Å². The number of para-hydroxylation sites is 2. The molecule has 0 aliphatic heterocycles. The number of fused-ring (bicyclic) bond motifs is 1. The number of aromatic nitrogens is 1. The van der Waals surface area contributed by atoms with Crippen LogP contribution in [0, 0.1) is 0 Å². The van der Waals surface area contributed by atoms with Crippen molar-refractivity contribution in [2.45, 2.75) is 27.3 Å². The second-order valence-corrected chi connectivity index (χ2v) is 6.52. The van der Waals surface area contributed by atoms with Gasteiger partial charge in [0, 0.05) is 5.56 Å². The molecule has 0 aliphatic carbocycles. The van der Waals surface area contributed by atoms with Crippen LogP contribution in [0.3, 0.4) is 0 Å². The summed E-state index contributed by atoms with van der Waals surface area (Å²) >= 11 is 0. The van der Waals surface area contributed by atoms with Crippen molar-refractivity contribution >= 4 is 22.9 Å². The normalized spacial score (nSPS) is 10.6. The topological polar surface area (TPSA) is 121 Å². The Kier molecular flexibility index (Phi) is 7.37. The summed E-state index contributed by atoms with van der Waals surface area (Å²) in [5, 5.41) is 0. The Morgan fingerprint density at radius 2 is 1.56 bits per heavy atom. The van der Waals surface area contributed by atoms with Gasteiger partial charge in [-0.2, -0.15) is 0 Å². The van der Waals surface area contributed by atoms with Crippen molar-refractivity contribution in [3.63, 3.8) is 0 Å². The molecular formula is C22H25N3O7. The average molecular weight is 443 g/mol. The van der Waals surface area contributed by atoms with Gasteiger partial charge < -0.3 is 18.6 Å². The maximum absolute atomic E-state index is 12.6. The summed E-state index contributed by atoms with van der Waals surface area (Å²) in [4.78, 5) is 37.0. The third kappa shape index (κ3) is 5.02. The fourth-order valence-electron chi connectivity index (χ4n) is 3.07. The summed E-state index contributed by atoms with van der Waals surface area (Å²) in [6.45, 7) is 6.24. The summed E-state index contributed by atoms with van der Waals surface area (Å²) in [5.74, 6) is -0.744. The number of hydrazine groups is 1. The molecule has 10 nitrogen and oxygen atoms in total. The quantitative estimate of drug-likeness (QED) is 0.487. The number of carbonyl (C=O) groups is 2. The van der Waals surface area contributed by atoms with Crippen LogP contribution in [-0.4, -0.2) is 36.2 Å². The number of benzene rings is 2. The third-order valence-corrected chi connectivity index (χ3v) is 4.36. The van der Waals surface area contributed by atoms with E-state index in [1.807, 2.05) is 20.8 Å². The average Bonchev–Trinajstić information content (AvgIpc) is 3.09. The van der Waals surface area contributed by atoms with E-state index in [0.29, 0.717) is 48.2 Å². The minimum atomic E-state index is -0.665. The summed E-state index contributed by atoms with van der Waals surface area (Å²) in [7, 11) is 0. The number of oxazole rings is 1. The van der Waals surface area contributed by atoms with Crippen LogP contribution in [0.5, 0.6) is 17.2 Å². The van der Waals surface area contributed by atoms with Crippen LogP contribution < -0.4 is 30.8 Å². The number of carbonyl (C=O) groups excluding carboxylic acids is 2. The van der Waals surface area contributed by atoms with E-state index in [1.165, 1.54) is 16.7 Å². The SMILES string of the molecule is CCOc1cc(C(=O)NNC(=O)Cn2c(=O)oc3ccccc32)cc(OCC)c1OCC. The smallest absolute Gasteiger partial charge is 0.420 e. The number of hydrogen-bond donors (Lipinski definition) is 2. The lowest BCUT2D eigenvalue weighted by Crippen LogP contribution is -2.43. The molecule has 0 saturated carbocycles. The molecule has 10 heteroatoms. The van der Waals surface area contributed by atoms with Gasteiger partial charge in [0.25, 0.3) is 11.8 Å². The maximum atomic E-state index is 12.6. The Morgan fingerprint density at radius 1 is 0.938 bits per heavy atom. The standard InChI is InChI=1S/C22H25N3O7/c1-4-29-17-11-14(12-18(30-5-2)20(17)31-6-3)21(27)24-23-19(26)13-25-15-9-7-8-10-16(15)32-22(25)28/h7-12H,4-6,13H2,1-3H3,(H,23,26)(H,24,27). The van der Waals surface area contributed by atoms with Crippen LogP contribution in [0.4, 0.5) is 0 Å². The van der Waals surface area contributed by atoms with E-state index in [0.717, 1.165) is 0 Å². The number of nitrogens with zero attached hydrogens (tertiary/aromatic N) is 1. The maximum Gasteiger partial charge on any atom is 0.420 e. The van der Waals surface area contributed by atoms with Crippen LogP contribution in [0.25, 0.3) is 11.1 Å². The largest absolute Gasteiger partial charge is 0.490 e. The van der Waals surface area contributed by atoms with Gasteiger partial charge in [0.15, 0.2) is 17.1 Å². The van der Waals surface area contributed by atoms with E-state index in [1.54, 1.807) is 24.3 Å². The Morgan fingerprint density at radius 3 is 2.19 bits per heavy atom. The molecule has 0 aliphatic rings. The van der Waals surface area contributed by atoms with Crippen LogP contribution in [0.15, 0.2) is 45.6 Å². The Hall–Kier alpha value is -3.95. The molecule has 0 saturated heterocycles. The molecule has 1 aromatic heterocycles. The lowest BCUT2D eigenvalue weighted by atomic mass is 10.1. The molecule has 0 spiro atoms. The van der Waals surface area contributed by atoms with E-state index < -0.39 is 17.6 Å². The van der Waals surface area contributed by atoms with Crippen molar-refractivity contribution in [3.05, 3.63) is 52.5 Å². The molecule has 170 valence electrons. The molecule has 0 radical (unpaired) electrons. The van der Waals surface area contributed by atoms with Crippen molar-refractivity contribution in [3.8, 4) is 17.2 Å². The summed E-state index contributed by atoms with van der Waals surface area (Å²) in [5.41, 5.74) is 5.68. The van der Waals surface area contributed by atoms with Crippen LogP contribution in [0.2, 0.25) is 0 Å². The van der Waals surface area contributed by atoms with Gasteiger partial charge >= 0.3 is 5.76 Å². The highest BCUT2D eigenvalue weighted by molar-refractivity contribution is 5.96. The first-order chi connectivity index (χ1) is 15.5. The fourth-order valence-corrected chi connectivity index (χ4v) is 3.07. The summed E-state index contributed by atoms with van der Waals surface area (Å²) in [6.07, 6.45) is 0. The molecule has 0 fully saturated rings. The highest BCUT2D eigenvalue weighted by Gasteiger charge is 2.19. The molecule has 0 bridgehead atoms. The number of nitrogens with one attached hydrogen (secondary N) is 2. The highest BCUT2D eigenvalue weighted by atomic mass is 16.5. The second-order valence-electron chi connectivity index (χ2n) is 6.52. The van der Waals surface area contributed by atoms with E-state index in [2.05, 4.69) is 10.9 Å². The number of hydrogen-bond acceptors (Lipinski definition) is 7. The van der Waals surface area contributed by atoms with Crippen molar-refractivity contribution < 1.29 is 28.2 Å². The summed E-state index contributed by atoms with van der Waals surface area (Å²) in [6, 6.07) is 9.76. The highest BCUT2D eigenvalue weighted by Crippen LogP contribution is 2.39. The minimum absolute atomic E-state index is 0.201. The van der Waals surface area contributed by atoms with Gasteiger partial charge in [-0.3, -0.25) is 25.0 Å². The predicted octanol–water partition coefficient (Wildman–Crippen LogP) is 2.25. The van der Waals surface area contributed by atoms with Crippen LogP contribution in [-0.2, 0) is 11.3 Å². The van der Waals surface area contributed by atoms with Gasteiger partial charge in [-0.05, 0) is 45.0 Å². The monoisotopic (exact) mass is 443 g/mol. The van der Waals surface area contributed by atoms with E-state index in [9.17, 15) is 14.4 Å². The van der Waals surface area contributed by atoms with Crippen molar-refractivity contribution in [2.24, 2.45) is 0 Å². The van der Waals surface area contributed by atoms with Crippen molar-refractivity contribution in [1.82, 2.24) is 15.4 Å². The molecule has 2 aromatic carbocycles. The minimum Gasteiger partial charge on any atom is -0.490 e. The second kappa shape index (κ2) is 10.4. The Balaban J connectivity index is 1.74. The molecule has 1 heterocycles.